The summed E-state index contributed by atoms with van der Waals surface area (Å²) >= 11 is 5.57. The number of rotatable bonds is 2. The summed E-state index contributed by atoms with van der Waals surface area (Å²) < 4.78 is 37.6. The van der Waals surface area contributed by atoms with Crippen LogP contribution in [-0.4, -0.2) is 11.4 Å². The van der Waals surface area contributed by atoms with Crippen LogP contribution < -0.4 is 11.1 Å². The van der Waals surface area contributed by atoms with E-state index >= 15 is 0 Å². The van der Waals surface area contributed by atoms with Gasteiger partial charge in [0.1, 0.15) is 0 Å². The first-order chi connectivity index (χ1) is 8.00. The molecule has 0 saturated heterocycles. The number of carbonyl (C=O) groups excluding carboxylic acids is 1. The highest BCUT2D eigenvalue weighted by atomic mass is 35.5. The molecule has 1 amide bonds. The fraction of sp³-hybridized carbons (Fsp3) is 0.364. The summed E-state index contributed by atoms with van der Waals surface area (Å²) in [6.07, 6.45) is -4.53. The van der Waals surface area contributed by atoms with Crippen LogP contribution in [0.3, 0.4) is 0 Å². The molecular weight excluding hydrogens is 269 g/mol. The molecule has 1 rings (SSSR count). The fourth-order valence-electron chi connectivity index (χ4n) is 1.12. The molecular formula is C11H12ClF3N2O. The minimum Gasteiger partial charge on any atom is -0.324 e. The second-order valence-corrected chi connectivity index (χ2v) is 4.84. The highest BCUT2D eigenvalue weighted by Gasteiger charge is 2.31. The lowest BCUT2D eigenvalue weighted by atomic mass is 10.1. The van der Waals surface area contributed by atoms with Crippen molar-refractivity contribution >= 4 is 23.2 Å². The van der Waals surface area contributed by atoms with Gasteiger partial charge in [0.15, 0.2) is 0 Å². The third-order valence-corrected chi connectivity index (χ3v) is 2.29. The zero-order valence-electron chi connectivity index (χ0n) is 9.73. The molecule has 1 aromatic rings. The maximum atomic E-state index is 12.5. The molecule has 0 radical (unpaired) electrons. The highest BCUT2D eigenvalue weighted by molar-refractivity contribution is 6.31. The SMILES string of the molecule is CC(C)(N)C(=O)Nc1cc(Cl)cc(C(F)(F)F)c1. The highest BCUT2D eigenvalue weighted by Crippen LogP contribution is 2.33. The Balaban J connectivity index is 3.05. The lowest BCUT2D eigenvalue weighted by molar-refractivity contribution is -0.137. The van der Waals surface area contributed by atoms with Crippen molar-refractivity contribution in [3.05, 3.63) is 28.8 Å². The van der Waals surface area contributed by atoms with E-state index < -0.39 is 23.2 Å². The van der Waals surface area contributed by atoms with Crippen molar-refractivity contribution in [2.24, 2.45) is 5.73 Å². The van der Waals surface area contributed by atoms with E-state index in [2.05, 4.69) is 5.32 Å². The Bertz CT molecular complexity index is 466. The topological polar surface area (TPSA) is 55.1 Å². The third kappa shape index (κ3) is 3.89. The lowest BCUT2D eigenvalue weighted by Crippen LogP contribution is -2.45. The van der Waals surface area contributed by atoms with Gasteiger partial charge in [0.25, 0.3) is 0 Å². The largest absolute Gasteiger partial charge is 0.416 e. The molecule has 0 atom stereocenters. The molecule has 0 saturated carbocycles. The van der Waals surface area contributed by atoms with Gasteiger partial charge in [0.05, 0.1) is 11.1 Å². The number of alkyl halides is 3. The first-order valence-corrected chi connectivity index (χ1v) is 5.36. The van der Waals surface area contributed by atoms with Crippen molar-refractivity contribution in [3.8, 4) is 0 Å². The second kappa shape index (κ2) is 4.78. The molecule has 0 heterocycles. The Morgan fingerprint density at radius 2 is 1.83 bits per heavy atom. The van der Waals surface area contributed by atoms with Gasteiger partial charge in [-0.1, -0.05) is 11.6 Å². The van der Waals surface area contributed by atoms with E-state index in [0.717, 1.165) is 12.1 Å². The first kappa shape index (κ1) is 14.8. The number of nitrogens with two attached hydrogens (primary N) is 1. The van der Waals surface area contributed by atoms with Gasteiger partial charge in [-0.2, -0.15) is 13.2 Å². The number of amides is 1. The Labute approximate surface area is 107 Å². The van der Waals surface area contributed by atoms with Gasteiger partial charge in [-0.25, -0.2) is 0 Å². The van der Waals surface area contributed by atoms with Crippen LogP contribution in [0.1, 0.15) is 19.4 Å². The molecule has 0 spiro atoms. The van der Waals surface area contributed by atoms with Crippen molar-refractivity contribution in [2.45, 2.75) is 25.6 Å². The van der Waals surface area contributed by atoms with Gasteiger partial charge in [0, 0.05) is 10.7 Å². The maximum absolute atomic E-state index is 12.5. The first-order valence-electron chi connectivity index (χ1n) is 4.98. The molecule has 3 nitrogen and oxygen atoms in total. The van der Waals surface area contributed by atoms with Gasteiger partial charge in [-0.3, -0.25) is 4.79 Å². The third-order valence-electron chi connectivity index (χ3n) is 2.07. The van der Waals surface area contributed by atoms with E-state index in [1.54, 1.807) is 0 Å². The molecule has 0 aliphatic carbocycles. The molecule has 1 aromatic carbocycles. The number of halogens is 4. The minimum atomic E-state index is -4.53. The molecule has 0 fully saturated rings. The minimum absolute atomic E-state index is 0.0432. The monoisotopic (exact) mass is 280 g/mol. The normalized spacial score (nSPS) is 12.4. The summed E-state index contributed by atoms with van der Waals surface area (Å²) in [4.78, 5) is 11.5. The number of nitrogens with one attached hydrogen (secondary N) is 1. The van der Waals surface area contributed by atoms with Crippen LogP contribution in [0.2, 0.25) is 5.02 Å². The van der Waals surface area contributed by atoms with E-state index in [-0.39, 0.29) is 10.7 Å². The average molecular weight is 281 g/mol. The van der Waals surface area contributed by atoms with E-state index in [1.165, 1.54) is 19.9 Å². The van der Waals surface area contributed by atoms with E-state index in [0.29, 0.717) is 0 Å². The summed E-state index contributed by atoms with van der Waals surface area (Å²) in [5.74, 6) is -0.599. The summed E-state index contributed by atoms with van der Waals surface area (Å²) in [5, 5.41) is 2.17. The number of hydrogen-bond acceptors (Lipinski definition) is 2. The fourth-order valence-corrected chi connectivity index (χ4v) is 1.35. The molecule has 0 bridgehead atoms. The van der Waals surface area contributed by atoms with Crippen LogP contribution in [0.5, 0.6) is 0 Å². The van der Waals surface area contributed by atoms with Crippen molar-refractivity contribution in [3.63, 3.8) is 0 Å². The van der Waals surface area contributed by atoms with Crippen molar-refractivity contribution in [1.29, 1.82) is 0 Å². The molecule has 7 heteroatoms. The average Bonchev–Trinajstić information content (AvgIpc) is 2.13. The van der Waals surface area contributed by atoms with Crippen molar-refractivity contribution < 1.29 is 18.0 Å². The van der Waals surface area contributed by atoms with Crippen molar-refractivity contribution in [1.82, 2.24) is 0 Å². The molecule has 0 aliphatic rings. The quantitative estimate of drug-likeness (QED) is 0.875. The maximum Gasteiger partial charge on any atom is 0.416 e. The van der Waals surface area contributed by atoms with Crippen LogP contribution in [0.15, 0.2) is 18.2 Å². The van der Waals surface area contributed by atoms with Gasteiger partial charge < -0.3 is 11.1 Å². The summed E-state index contributed by atoms with van der Waals surface area (Å²) in [5.41, 5.74) is 3.35. The van der Waals surface area contributed by atoms with Crippen LogP contribution in [0, 0.1) is 0 Å². The van der Waals surface area contributed by atoms with Crippen LogP contribution >= 0.6 is 11.6 Å². The molecule has 100 valence electrons. The van der Waals surface area contributed by atoms with Gasteiger partial charge in [0.2, 0.25) is 5.91 Å². The molecule has 0 aliphatic heterocycles. The number of anilines is 1. The molecule has 0 aromatic heterocycles. The molecule has 3 N–H and O–H groups in total. The van der Waals surface area contributed by atoms with E-state index in [9.17, 15) is 18.0 Å². The van der Waals surface area contributed by atoms with Gasteiger partial charge in [-0.05, 0) is 32.0 Å². The zero-order valence-corrected chi connectivity index (χ0v) is 10.5. The number of carbonyl (C=O) groups is 1. The summed E-state index contributed by atoms with van der Waals surface area (Å²) in [6, 6.07) is 2.81. The Morgan fingerprint density at radius 1 is 1.28 bits per heavy atom. The Hall–Kier alpha value is -1.27. The molecule has 0 unspecified atom stereocenters. The predicted octanol–water partition coefficient (Wildman–Crippen LogP) is 3.03. The second-order valence-electron chi connectivity index (χ2n) is 4.40. The van der Waals surface area contributed by atoms with E-state index in [1.807, 2.05) is 0 Å². The summed E-state index contributed by atoms with van der Waals surface area (Å²) in [6.45, 7) is 2.88. The van der Waals surface area contributed by atoms with Crippen LogP contribution in [0.4, 0.5) is 18.9 Å². The van der Waals surface area contributed by atoms with Gasteiger partial charge >= 0.3 is 6.18 Å². The number of hydrogen-bond donors (Lipinski definition) is 2. The predicted molar refractivity (Wildman–Crippen MR) is 63.4 cm³/mol. The molecule has 18 heavy (non-hydrogen) atoms. The van der Waals surface area contributed by atoms with Crippen LogP contribution in [-0.2, 0) is 11.0 Å². The Morgan fingerprint density at radius 3 is 2.28 bits per heavy atom. The lowest BCUT2D eigenvalue weighted by Gasteiger charge is -2.18. The van der Waals surface area contributed by atoms with E-state index in [4.69, 9.17) is 17.3 Å². The van der Waals surface area contributed by atoms with Crippen LogP contribution in [0.25, 0.3) is 0 Å². The Kier molecular flexibility index (Phi) is 3.92. The van der Waals surface area contributed by atoms with Gasteiger partial charge in [-0.15, -0.1) is 0 Å². The van der Waals surface area contributed by atoms with Crippen molar-refractivity contribution in [2.75, 3.05) is 5.32 Å². The standard InChI is InChI=1S/C11H12ClF3N2O/c1-10(2,16)9(18)17-8-4-6(11(13,14)15)3-7(12)5-8/h3-5H,16H2,1-2H3,(H,17,18). The smallest absolute Gasteiger partial charge is 0.324 e. The summed E-state index contributed by atoms with van der Waals surface area (Å²) in [7, 11) is 0. The zero-order chi connectivity index (χ0) is 14.1. The number of benzene rings is 1.